The second-order valence-electron chi connectivity index (χ2n) is 7.48. The number of amides is 2. The molecule has 0 fully saturated rings. The van der Waals surface area contributed by atoms with Crippen molar-refractivity contribution in [1.82, 2.24) is 4.90 Å². The summed E-state index contributed by atoms with van der Waals surface area (Å²) in [6.07, 6.45) is 2.98. The van der Waals surface area contributed by atoms with Gasteiger partial charge in [-0.15, -0.1) is 11.8 Å². The van der Waals surface area contributed by atoms with Crippen LogP contribution in [-0.2, 0) is 19.2 Å². The lowest BCUT2D eigenvalue weighted by Crippen LogP contribution is -2.36. The molecule has 0 aliphatic heterocycles. The van der Waals surface area contributed by atoms with E-state index in [9.17, 15) is 9.59 Å². The number of carboxylic acids is 2. The van der Waals surface area contributed by atoms with E-state index in [2.05, 4.69) is 24.5 Å². The molecule has 34 heavy (non-hydrogen) atoms. The van der Waals surface area contributed by atoms with E-state index in [4.69, 9.17) is 19.8 Å². The average Bonchev–Trinajstić information content (AvgIpc) is 2.79. The fraction of sp³-hybridized carbons (Fsp3) is 0.333. The number of hydrogen-bond acceptors (Lipinski definition) is 6. The second kappa shape index (κ2) is 14.7. The van der Waals surface area contributed by atoms with Gasteiger partial charge in [0.15, 0.2) is 0 Å². The molecule has 184 valence electrons. The van der Waals surface area contributed by atoms with Crippen LogP contribution in [0.1, 0.15) is 31.7 Å². The van der Waals surface area contributed by atoms with Gasteiger partial charge in [-0.05, 0) is 49.4 Å². The molecule has 10 heteroatoms. The first-order chi connectivity index (χ1) is 16.1. The summed E-state index contributed by atoms with van der Waals surface area (Å²) in [5.74, 6) is -3.55. The summed E-state index contributed by atoms with van der Waals surface area (Å²) in [5, 5.41) is 20.7. The normalized spacial score (nSPS) is 11.1. The summed E-state index contributed by atoms with van der Waals surface area (Å²) in [7, 11) is 1.76. The van der Waals surface area contributed by atoms with Gasteiger partial charge in [-0.25, -0.2) is 9.59 Å². The highest BCUT2D eigenvalue weighted by Crippen LogP contribution is 2.26. The molecule has 9 nitrogen and oxygen atoms in total. The quantitative estimate of drug-likeness (QED) is 0.310. The molecule has 2 aromatic rings. The Hall–Kier alpha value is -3.37. The molecule has 0 spiro atoms. The number of anilines is 2. The molecular weight excluding hydrogens is 458 g/mol. The molecule has 0 heterocycles. The molecule has 0 aliphatic carbocycles. The lowest BCUT2D eigenvalue weighted by molar-refractivity contribution is -0.159. The predicted molar refractivity (Wildman–Crippen MR) is 133 cm³/mol. The zero-order valence-electron chi connectivity index (χ0n) is 19.7. The Morgan fingerprint density at radius 1 is 0.882 bits per heavy atom. The molecular formula is C24H31N3O6S. The summed E-state index contributed by atoms with van der Waals surface area (Å²) < 4.78 is 0. The van der Waals surface area contributed by atoms with Crippen LogP contribution in [0.4, 0.5) is 11.4 Å². The summed E-state index contributed by atoms with van der Waals surface area (Å²) >= 11 is 1.58. The number of rotatable bonds is 9. The Labute approximate surface area is 203 Å². The highest BCUT2D eigenvalue weighted by atomic mass is 32.2. The smallest absolute Gasteiger partial charge is 0.414 e. The molecule has 0 aliphatic rings. The third-order valence-electron chi connectivity index (χ3n) is 4.77. The first-order valence-electron chi connectivity index (χ1n) is 10.5. The molecule has 0 bridgehead atoms. The Balaban J connectivity index is 0.000000852. The summed E-state index contributed by atoms with van der Waals surface area (Å²) in [6, 6.07) is 15.5. The van der Waals surface area contributed by atoms with E-state index in [0.29, 0.717) is 5.92 Å². The van der Waals surface area contributed by atoms with E-state index in [0.717, 1.165) is 28.3 Å². The van der Waals surface area contributed by atoms with Crippen LogP contribution >= 0.6 is 11.8 Å². The van der Waals surface area contributed by atoms with Crippen LogP contribution in [0.2, 0.25) is 0 Å². The first kappa shape index (κ1) is 28.7. The number of carboxylic acid groups (broad SMARTS) is 2. The van der Waals surface area contributed by atoms with Crippen molar-refractivity contribution in [3.8, 4) is 0 Å². The van der Waals surface area contributed by atoms with E-state index < -0.39 is 11.9 Å². The van der Waals surface area contributed by atoms with Gasteiger partial charge < -0.3 is 20.8 Å². The minimum atomic E-state index is -1.82. The summed E-state index contributed by atoms with van der Waals surface area (Å²) in [4.78, 5) is 45.7. The zero-order chi connectivity index (χ0) is 25.7. The Bertz CT molecular complexity index is 986. The van der Waals surface area contributed by atoms with Crippen molar-refractivity contribution < 1.29 is 29.4 Å². The fourth-order valence-corrected chi connectivity index (χ4v) is 3.49. The van der Waals surface area contributed by atoms with Crippen molar-refractivity contribution in [3.05, 3.63) is 54.1 Å². The van der Waals surface area contributed by atoms with Gasteiger partial charge in [0, 0.05) is 10.6 Å². The molecule has 2 amide bonds. The van der Waals surface area contributed by atoms with Gasteiger partial charge in [0.05, 0.1) is 18.8 Å². The van der Waals surface area contributed by atoms with Crippen LogP contribution < -0.4 is 10.6 Å². The number of para-hydroxylation sites is 2. The lowest BCUT2D eigenvalue weighted by Gasteiger charge is -2.19. The van der Waals surface area contributed by atoms with Gasteiger partial charge in [-0.2, -0.15) is 0 Å². The Morgan fingerprint density at radius 3 is 1.85 bits per heavy atom. The Morgan fingerprint density at radius 2 is 1.35 bits per heavy atom. The molecule has 1 atom stereocenters. The van der Waals surface area contributed by atoms with Crippen molar-refractivity contribution in [2.24, 2.45) is 0 Å². The summed E-state index contributed by atoms with van der Waals surface area (Å²) in [6.45, 7) is 4.56. The number of nitrogens with zero attached hydrogens (tertiary/aromatic N) is 1. The average molecular weight is 490 g/mol. The van der Waals surface area contributed by atoms with E-state index >= 15 is 0 Å². The molecule has 2 aromatic carbocycles. The van der Waals surface area contributed by atoms with Crippen molar-refractivity contribution in [3.63, 3.8) is 0 Å². The topological polar surface area (TPSA) is 136 Å². The number of aliphatic carboxylic acids is 2. The molecule has 0 saturated heterocycles. The van der Waals surface area contributed by atoms with Crippen LogP contribution in [0, 0.1) is 0 Å². The number of thioether (sulfide) groups is 1. The molecule has 4 N–H and O–H groups in total. The zero-order valence-corrected chi connectivity index (χ0v) is 20.5. The predicted octanol–water partition coefficient (Wildman–Crippen LogP) is 3.59. The maximum Gasteiger partial charge on any atom is 0.414 e. The molecule has 1 unspecified atom stereocenters. The maximum atomic E-state index is 12.4. The lowest BCUT2D eigenvalue weighted by atomic mass is 9.97. The van der Waals surface area contributed by atoms with Gasteiger partial charge in [-0.3, -0.25) is 14.5 Å². The molecule has 0 saturated carbocycles. The molecule has 0 radical (unpaired) electrons. The fourth-order valence-electron chi connectivity index (χ4n) is 2.93. The van der Waals surface area contributed by atoms with Crippen LogP contribution in [0.3, 0.4) is 0 Å². The van der Waals surface area contributed by atoms with E-state index in [1.165, 1.54) is 0 Å². The largest absolute Gasteiger partial charge is 0.473 e. The van der Waals surface area contributed by atoms with E-state index in [-0.39, 0.29) is 24.9 Å². The molecule has 0 aromatic heterocycles. The SMILES string of the molecule is CCC(C)c1ccccc1NC(=O)CN(C)CC(=O)Nc1ccccc1SC.O=C(O)C(=O)O. The summed E-state index contributed by atoms with van der Waals surface area (Å²) in [5.41, 5.74) is 2.77. The van der Waals surface area contributed by atoms with Crippen molar-refractivity contribution >= 4 is 46.9 Å². The number of nitrogens with one attached hydrogen (secondary N) is 2. The van der Waals surface area contributed by atoms with Gasteiger partial charge >= 0.3 is 11.9 Å². The van der Waals surface area contributed by atoms with Crippen LogP contribution in [-0.4, -0.2) is 65.3 Å². The monoisotopic (exact) mass is 489 g/mol. The maximum absolute atomic E-state index is 12.4. The van der Waals surface area contributed by atoms with Crippen LogP contribution in [0.25, 0.3) is 0 Å². The van der Waals surface area contributed by atoms with Gasteiger partial charge in [-0.1, -0.05) is 44.2 Å². The minimum Gasteiger partial charge on any atom is -0.473 e. The minimum absolute atomic E-state index is 0.129. The number of hydrogen-bond donors (Lipinski definition) is 4. The first-order valence-corrected chi connectivity index (χ1v) is 11.8. The van der Waals surface area contributed by atoms with Crippen molar-refractivity contribution in [2.45, 2.75) is 31.1 Å². The van der Waals surface area contributed by atoms with Gasteiger partial charge in [0.1, 0.15) is 0 Å². The van der Waals surface area contributed by atoms with Crippen LogP contribution in [0.15, 0.2) is 53.4 Å². The van der Waals surface area contributed by atoms with Crippen LogP contribution in [0.5, 0.6) is 0 Å². The Kier molecular flexibility index (Phi) is 12.4. The van der Waals surface area contributed by atoms with Crippen molar-refractivity contribution in [1.29, 1.82) is 0 Å². The van der Waals surface area contributed by atoms with E-state index in [1.54, 1.807) is 23.7 Å². The standard InChI is InChI=1S/C22H29N3O2S.C2H2O4/c1-5-16(2)17-10-6-7-11-18(17)23-21(26)14-25(3)15-22(27)24-19-12-8-9-13-20(19)28-4;3-1(4)2(5)6/h6-13,16H,5,14-15H2,1-4H3,(H,23,26)(H,24,27);(H,3,4)(H,5,6). The number of benzene rings is 2. The second-order valence-corrected chi connectivity index (χ2v) is 8.32. The third-order valence-corrected chi connectivity index (χ3v) is 5.57. The number of carbonyl (C=O) groups is 4. The van der Waals surface area contributed by atoms with Gasteiger partial charge in [0.2, 0.25) is 11.8 Å². The highest BCUT2D eigenvalue weighted by molar-refractivity contribution is 7.98. The van der Waals surface area contributed by atoms with Crippen molar-refractivity contribution in [2.75, 3.05) is 37.0 Å². The third kappa shape index (κ3) is 10.1. The molecule has 2 rings (SSSR count). The highest BCUT2D eigenvalue weighted by Gasteiger charge is 2.15. The number of carbonyl (C=O) groups excluding carboxylic acids is 2. The van der Waals surface area contributed by atoms with Gasteiger partial charge in [0.25, 0.3) is 0 Å². The number of likely N-dealkylation sites (N-methyl/N-ethyl adjacent to an activating group) is 1. The van der Waals surface area contributed by atoms with E-state index in [1.807, 2.05) is 54.8 Å².